The molecule has 0 spiro atoms. The van der Waals surface area contributed by atoms with E-state index < -0.39 is 0 Å². The zero-order valence-electron chi connectivity index (χ0n) is 10.9. The molecule has 0 N–H and O–H groups in total. The molecule has 0 unspecified atom stereocenters. The molecule has 2 heterocycles. The summed E-state index contributed by atoms with van der Waals surface area (Å²) in [5.74, 6) is 0.772. The summed E-state index contributed by atoms with van der Waals surface area (Å²) in [4.78, 5) is 25.0. The largest absolute Gasteiger partial charge is 0.294 e. The number of aromatic nitrogens is 3. The van der Waals surface area contributed by atoms with Crippen LogP contribution in [0.2, 0.25) is 0 Å². The lowest BCUT2D eigenvalue weighted by atomic mass is 10.1. The Labute approximate surface area is 111 Å². The Morgan fingerprint density at radius 3 is 2.84 bits per heavy atom. The first-order chi connectivity index (χ1) is 9.24. The average molecular weight is 253 g/mol. The second-order valence-electron chi connectivity index (χ2n) is 4.90. The van der Waals surface area contributed by atoms with Crippen LogP contribution in [0.25, 0.3) is 11.5 Å². The number of carbonyl (C=O) groups is 1. The summed E-state index contributed by atoms with van der Waals surface area (Å²) in [5, 5.41) is 0. The molecule has 0 bridgehead atoms. The molecular formula is C15H15N3O. The van der Waals surface area contributed by atoms with Crippen molar-refractivity contribution in [3.63, 3.8) is 0 Å². The summed E-state index contributed by atoms with van der Waals surface area (Å²) in [6.07, 6.45) is 6.82. The minimum Gasteiger partial charge on any atom is -0.294 e. The van der Waals surface area contributed by atoms with Crippen LogP contribution < -0.4 is 0 Å². The fraction of sp³-hybridized carbons (Fsp3) is 0.333. The highest BCUT2D eigenvalue weighted by molar-refractivity contribution is 5.97. The maximum absolute atomic E-state index is 11.9. The number of hydrogen-bond acceptors (Lipinski definition) is 4. The van der Waals surface area contributed by atoms with E-state index in [2.05, 4.69) is 15.0 Å². The number of rotatable bonds is 1. The van der Waals surface area contributed by atoms with E-state index in [4.69, 9.17) is 0 Å². The van der Waals surface area contributed by atoms with Crippen LogP contribution in [0.4, 0.5) is 0 Å². The molecule has 0 aliphatic heterocycles. The van der Waals surface area contributed by atoms with E-state index in [1.165, 1.54) is 0 Å². The summed E-state index contributed by atoms with van der Waals surface area (Å²) in [5.41, 5.74) is 3.45. The zero-order chi connectivity index (χ0) is 13.2. The predicted octanol–water partition coefficient (Wildman–Crippen LogP) is 2.76. The molecule has 0 amide bonds. The van der Waals surface area contributed by atoms with Crippen molar-refractivity contribution in [2.75, 3.05) is 0 Å². The Morgan fingerprint density at radius 2 is 2.00 bits per heavy atom. The second-order valence-corrected chi connectivity index (χ2v) is 4.90. The van der Waals surface area contributed by atoms with Crippen LogP contribution in [-0.2, 0) is 6.42 Å². The number of carbonyl (C=O) groups excluding carboxylic acids is 1. The SMILES string of the molecule is Cc1ccnc(-c2ncc3c(n2)CCCCC3=O)c1. The summed E-state index contributed by atoms with van der Waals surface area (Å²) in [7, 11) is 0. The Kier molecular flexibility index (Phi) is 3.07. The number of fused-ring (bicyclic) bond motifs is 1. The molecule has 4 nitrogen and oxygen atoms in total. The Balaban J connectivity index is 2.06. The van der Waals surface area contributed by atoms with Crippen LogP contribution in [0.1, 0.15) is 40.9 Å². The summed E-state index contributed by atoms with van der Waals surface area (Å²) in [6, 6.07) is 3.90. The zero-order valence-corrected chi connectivity index (χ0v) is 10.9. The number of Topliss-reactive ketones (excluding diaryl/α,β-unsaturated/α-hetero) is 1. The van der Waals surface area contributed by atoms with Gasteiger partial charge in [0.1, 0.15) is 5.69 Å². The van der Waals surface area contributed by atoms with Gasteiger partial charge in [-0.25, -0.2) is 9.97 Å². The van der Waals surface area contributed by atoms with E-state index in [0.29, 0.717) is 17.8 Å². The Morgan fingerprint density at radius 1 is 1.16 bits per heavy atom. The van der Waals surface area contributed by atoms with Crippen molar-refractivity contribution in [2.24, 2.45) is 0 Å². The number of aryl methyl sites for hydroxylation is 2. The van der Waals surface area contributed by atoms with Gasteiger partial charge in [-0.2, -0.15) is 0 Å². The van der Waals surface area contributed by atoms with Crippen molar-refractivity contribution in [1.29, 1.82) is 0 Å². The first kappa shape index (κ1) is 12.0. The molecule has 4 heteroatoms. The van der Waals surface area contributed by atoms with E-state index in [1.54, 1.807) is 12.4 Å². The molecule has 1 aliphatic carbocycles. The van der Waals surface area contributed by atoms with E-state index >= 15 is 0 Å². The highest BCUT2D eigenvalue weighted by atomic mass is 16.1. The smallest absolute Gasteiger partial charge is 0.178 e. The number of pyridine rings is 1. The lowest BCUT2D eigenvalue weighted by Gasteiger charge is -2.06. The van der Waals surface area contributed by atoms with Gasteiger partial charge < -0.3 is 0 Å². The first-order valence-electron chi connectivity index (χ1n) is 6.56. The van der Waals surface area contributed by atoms with Crippen molar-refractivity contribution in [1.82, 2.24) is 15.0 Å². The molecule has 0 fully saturated rings. The van der Waals surface area contributed by atoms with E-state index in [-0.39, 0.29) is 5.78 Å². The van der Waals surface area contributed by atoms with Crippen molar-refractivity contribution in [3.05, 3.63) is 41.3 Å². The monoisotopic (exact) mass is 253 g/mol. The first-order valence-corrected chi connectivity index (χ1v) is 6.56. The molecule has 19 heavy (non-hydrogen) atoms. The summed E-state index contributed by atoms with van der Waals surface area (Å²) in [6.45, 7) is 2.01. The highest BCUT2D eigenvalue weighted by Gasteiger charge is 2.18. The van der Waals surface area contributed by atoms with Gasteiger partial charge in [-0.15, -0.1) is 0 Å². The maximum atomic E-state index is 11.9. The number of ketones is 1. The standard InChI is InChI=1S/C15H15N3O/c1-10-6-7-16-13(8-10)15-17-9-11-12(18-15)4-2-3-5-14(11)19/h6-9H,2-5H2,1H3. The van der Waals surface area contributed by atoms with Gasteiger partial charge >= 0.3 is 0 Å². The van der Waals surface area contributed by atoms with Crippen LogP contribution in [0.15, 0.2) is 24.5 Å². The number of nitrogens with zero attached hydrogens (tertiary/aromatic N) is 3. The maximum Gasteiger partial charge on any atom is 0.178 e. The van der Waals surface area contributed by atoms with Gasteiger partial charge in [0.15, 0.2) is 11.6 Å². The molecule has 0 atom stereocenters. The van der Waals surface area contributed by atoms with Gasteiger partial charge in [-0.1, -0.05) is 0 Å². The minimum atomic E-state index is 0.163. The van der Waals surface area contributed by atoms with Crippen LogP contribution in [0.5, 0.6) is 0 Å². The van der Waals surface area contributed by atoms with Crippen LogP contribution in [-0.4, -0.2) is 20.7 Å². The van der Waals surface area contributed by atoms with Gasteiger partial charge in [0.2, 0.25) is 0 Å². The number of hydrogen-bond donors (Lipinski definition) is 0. The van der Waals surface area contributed by atoms with Crippen LogP contribution in [0.3, 0.4) is 0 Å². The minimum absolute atomic E-state index is 0.163. The highest BCUT2D eigenvalue weighted by Crippen LogP contribution is 2.21. The second kappa shape index (κ2) is 4.88. The third kappa shape index (κ3) is 2.38. The fourth-order valence-electron chi connectivity index (χ4n) is 2.34. The molecule has 96 valence electrons. The Hall–Kier alpha value is -2.10. The molecule has 0 saturated heterocycles. The quantitative estimate of drug-likeness (QED) is 0.733. The molecule has 0 aromatic carbocycles. The predicted molar refractivity (Wildman–Crippen MR) is 71.9 cm³/mol. The van der Waals surface area contributed by atoms with Crippen LogP contribution in [0, 0.1) is 6.92 Å². The van der Waals surface area contributed by atoms with E-state index in [1.807, 2.05) is 19.1 Å². The molecule has 2 aromatic heterocycles. The van der Waals surface area contributed by atoms with E-state index in [9.17, 15) is 4.79 Å². The third-order valence-electron chi connectivity index (χ3n) is 3.38. The van der Waals surface area contributed by atoms with Crippen molar-refractivity contribution < 1.29 is 4.79 Å². The summed E-state index contributed by atoms with van der Waals surface area (Å²) >= 11 is 0. The molecule has 1 aliphatic rings. The molecule has 0 radical (unpaired) electrons. The van der Waals surface area contributed by atoms with Gasteiger partial charge in [-0.05, 0) is 43.9 Å². The molecule has 0 saturated carbocycles. The van der Waals surface area contributed by atoms with Gasteiger partial charge in [0.05, 0.1) is 11.3 Å². The third-order valence-corrected chi connectivity index (χ3v) is 3.38. The van der Waals surface area contributed by atoms with Crippen LogP contribution >= 0.6 is 0 Å². The van der Waals surface area contributed by atoms with Gasteiger partial charge in [0, 0.05) is 18.8 Å². The van der Waals surface area contributed by atoms with Crippen molar-refractivity contribution in [3.8, 4) is 11.5 Å². The Bertz CT molecular complexity index is 637. The lowest BCUT2D eigenvalue weighted by molar-refractivity contribution is 0.0981. The normalized spacial score (nSPS) is 14.9. The molecular weight excluding hydrogens is 238 g/mol. The van der Waals surface area contributed by atoms with Gasteiger partial charge in [0.25, 0.3) is 0 Å². The van der Waals surface area contributed by atoms with Crippen molar-refractivity contribution >= 4 is 5.78 Å². The van der Waals surface area contributed by atoms with E-state index in [0.717, 1.165) is 36.2 Å². The van der Waals surface area contributed by atoms with Crippen molar-refractivity contribution in [2.45, 2.75) is 32.6 Å². The lowest BCUT2D eigenvalue weighted by Crippen LogP contribution is -2.05. The summed E-state index contributed by atoms with van der Waals surface area (Å²) < 4.78 is 0. The molecule has 3 rings (SSSR count). The average Bonchev–Trinajstić information content (AvgIpc) is 2.60. The topological polar surface area (TPSA) is 55.7 Å². The molecule has 2 aromatic rings. The van der Waals surface area contributed by atoms with Gasteiger partial charge in [-0.3, -0.25) is 9.78 Å². The fourth-order valence-corrected chi connectivity index (χ4v) is 2.34.